The molecule has 0 aliphatic carbocycles. The molecule has 1 aromatic heterocycles. The molecule has 0 aliphatic rings. The van der Waals surface area contributed by atoms with Crippen molar-refractivity contribution in [1.82, 2.24) is 4.57 Å². The van der Waals surface area contributed by atoms with Crippen molar-refractivity contribution in [3.63, 3.8) is 0 Å². The Kier molecular flexibility index (Phi) is 3.30. The van der Waals surface area contributed by atoms with Crippen LogP contribution in [0.2, 0.25) is 0 Å². The second kappa shape index (κ2) is 4.55. The van der Waals surface area contributed by atoms with Crippen molar-refractivity contribution in [2.75, 3.05) is 0 Å². The van der Waals surface area contributed by atoms with Gasteiger partial charge in [-0.3, -0.25) is 9.36 Å². The maximum absolute atomic E-state index is 11.7. The van der Waals surface area contributed by atoms with Gasteiger partial charge in [0.2, 0.25) is 0 Å². The summed E-state index contributed by atoms with van der Waals surface area (Å²) in [5.41, 5.74) is 2.19. The molecule has 0 N–H and O–H groups in total. The average Bonchev–Trinajstić information content (AvgIpc) is 2.48. The Morgan fingerprint density at radius 2 is 2.00 bits per heavy atom. The maximum Gasteiger partial charge on any atom is 0.307 e. The normalized spacial score (nSPS) is 10.7. The molecule has 0 amide bonds. The molecule has 2 rings (SSSR count). The Bertz CT molecular complexity index is 571. The summed E-state index contributed by atoms with van der Waals surface area (Å²) in [6.07, 6.45) is 0. The minimum Gasteiger partial charge on any atom is -0.299 e. The molecule has 2 nitrogen and oxygen atoms in total. The van der Waals surface area contributed by atoms with Crippen LogP contribution in [-0.4, -0.2) is 4.57 Å². The van der Waals surface area contributed by atoms with Gasteiger partial charge in [-0.25, -0.2) is 0 Å². The van der Waals surface area contributed by atoms with E-state index in [4.69, 9.17) is 0 Å². The van der Waals surface area contributed by atoms with E-state index in [0.717, 1.165) is 20.6 Å². The number of aryl methyl sites for hydroxylation is 1. The molecule has 2 aromatic rings. The van der Waals surface area contributed by atoms with Gasteiger partial charge in [0.15, 0.2) is 0 Å². The number of halogens is 1. The lowest BCUT2D eigenvalue weighted by Gasteiger charge is -2.06. The fourth-order valence-electron chi connectivity index (χ4n) is 1.57. The number of nitrogens with zero attached hydrogens (tertiary/aromatic N) is 1. The van der Waals surface area contributed by atoms with E-state index in [0.29, 0.717) is 6.54 Å². The Labute approximate surface area is 107 Å². The van der Waals surface area contributed by atoms with Gasteiger partial charge in [0.05, 0.1) is 6.54 Å². The minimum absolute atomic E-state index is 0.116. The summed E-state index contributed by atoms with van der Waals surface area (Å²) in [5.74, 6) is 0. The van der Waals surface area contributed by atoms with Gasteiger partial charge in [0, 0.05) is 15.0 Å². The lowest BCUT2D eigenvalue weighted by atomic mass is 10.2. The van der Waals surface area contributed by atoms with Gasteiger partial charge in [-0.05, 0) is 25.5 Å². The van der Waals surface area contributed by atoms with Crippen LogP contribution in [0.4, 0.5) is 0 Å². The van der Waals surface area contributed by atoms with Crippen LogP contribution in [0.5, 0.6) is 0 Å². The Morgan fingerprint density at radius 3 is 2.56 bits per heavy atom. The molecule has 0 aliphatic heterocycles. The van der Waals surface area contributed by atoms with Crippen molar-refractivity contribution in [2.24, 2.45) is 0 Å². The molecule has 4 heteroatoms. The third-order valence-corrected chi connectivity index (χ3v) is 4.43. The van der Waals surface area contributed by atoms with E-state index in [2.05, 4.69) is 15.9 Å². The quantitative estimate of drug-likeness (QED) is 0.833. The largest absolute Gasteiger partial charge is 0.307 e. The Hall–Kier alpha value is -0.870. The minimum atomic E-state index is 0.116. The molecule has 0 spiro atoms. The van der Waals surface area contributed by atoms with Crippen LogP contribution in [0.3, 0.4) is 0 Å². The van der Waals surface area contributed by atoms with Crippen molar-refractivity contribution in [3.8, 4) is 0 Å². The van der Waals surface area contributed by atoms with E-state index in [1.165, 1.54) is 11.3 Å². The molecule has 0 bridgehead atoms. The van der Waals surface area contributed by atoms with E-state index < -0.39 is 0 Å². The molecule has 0 unspecified atom stereocenters. The third kappa shape index (κ3) is 2.13. The zero-order valence-electron chi connectivity index (χ0n) is 9.16. The van der Waals surface area contributed by atoms with Gasteiger partial charge < -0.3 is 0 Å². The zero-order chi connectivity index (χ0) is 11.7. The number of hydrogen-bond donors (Lipinski definition) is 0. The van der Waals surface area contributed by atoms with Crippen LogP contribution in [0.1, 0.15) is 16.1 Å². The Balaban J connectivity index is 2.42. The first kappa shape index (κ1) is 11.6. The molecular weight excluding hydrogens is 286 g/mol. The number of thiazole rings is 1. The van der Waals surface area contributed by atoms with Gasteiger partial charge >= 0.3 is 4.87 Å². The first-order valence-electron chi connectivity index (χ1n) is 5.00. The highest BCUT2D eigenvalue weighted by Crippen LogP contribution is 2.18. The fourth-order valence-corrected chi connectivity index (χ4v) is 2.81. The summed E-state index contributed by atoms with van der Waals surface area (Å²) in [7, 11) is 0. The molecule has 1 aromatic carbocycles. The van der Waals surface area contributed by atoms with Crippen molar-refractivity contribution in [1.29, 1.82) is 0 Å². The Morgan fingerprint density at radius 1 is 1.31 bits per heavy atom. The zero-order valence-corrected chi connectivity index (χ0v) is 11.6. The third-order valence-electron chi connectivity index (χ3n) is 2.66. The number of aromatic nitrogens is 1. The van der Waals surface area contributed by atoms with E-state index in [1.807, 2.05) is 42.7 Å². The van der Waals surface area contributed by atoms with Crippen LogP contribution in [0, 0.1) is 13.8 Å². The monoisotopic (exact) mass is 297 g/mol. The fraction of sp³-hybridized carbons (Fsp3) is 0.250. The molecule has 0 fully saturated rings. The van der Waals surface area contributed by atoms with Gasteiger partial charge in [0.25, 0.3) is 0 Å². The van der Waals surface area contributed by atoms with E-state index >= 15 is 0 Å². The SMILES string of the molecule is Cc1sc(=O)n(Cc2ccccc2Br)c1C. The second-order valence-corrected chi connectivity index (χ2v) is 5.71. The van der Waals surface area contributed by atoms with Crippen molar-refractivity contribution in [3.05, 3.63) is 54.5 Å². The van der Waals surface area contributed by atoms with E-state index in [9.17, 15) is 4.79 Å². The van der Waals surface area contributed by atoms with Crippen LogP contribution in [-0.2, 0) is 6.54 Å². The van der Waals surface area contributed by atoms with Crippen molar-refractivity contribution < 1.29 is 0 Å². The van der Waals surface area contributed by atoms with Crippen molar-refractivity contribution >= 4 is 27.3 Å². The van der Waals surface area contributed by atoms with Gasteiger partial charge in [-0.2, -0.15) is 0 Å². The van der Waals surface area contributed by atoms with Gasteiger partial charge in [-0.1, -0.05) is 45.5 Å². The summed E-state index contributed by atoms with van der Waals surface area (Å²) in [4.78, 5) is 13.0. The van der Waals surface area contributed by atoms with E-state index in [-0.39, 0.29) is 4.87 Å². The summed E-state index contributed by atoms with van der Waals surface area (Å²) >= 11 is 4.81. The predicted molar refractivity (Wildman–Crippen MR) is 71.3 cm³/mol. The summed E-state index contributed by atoms with van der Waals surface area (Å²) in [5, 5.41) is 0. The van der Waals surface area contributed by atoms with E-state index in [1.54, 1.807) is 0 Å². The molecule has 16 heavy (non-hydrogen) atoms. The number of rotatable bonds is 2. The molecule has 0 radical (unpaired) electrons. The topological polar surface area (TPSA) is 22.0 Å². The smallest absolute Gasteiger partial charge is 0.299 e. The van der Waals surface area contributed by atoms with Crippen LogP contribution in [0.25, 0.3) is 0 Å². The lowest BCUT2D eigenvalue weighted by molar-refractivity contribution is 0.749. The summed E-state index contributed by atoms with van der Waals surface area (Å²) in [6.45, 7) is 4.61. The van der Waals surface area contributed by atoms with Crippen molar-refractivity contribution in [2.45, 2.75) is 20.4 Å². The van der Waals surface area contributed by atoms with Crippen LogP contribution >= 0.6 is 27.3 Å². The molecule has 0 saturated carbocycles. The average molecular weight is 298 g/mol. The van der Waals surface area contributed by atoms with Crippen LogP contribution < -0.4 is 4.87 Å². The molecular formula is C12H12BrNOS. The standard InChI is InChI=1S/C12H12BrNOS/c1-8-9(2)16-12(15)14(8)7-10-5-3-4-6-11(10)13/h3-6H,7H2,1-2H3. The lowest BCUT2D eigenvalue weighted by Crippen LogP contribution is -2.15. The number of hydrogen-bond acceptors (Lipinski definition) is 2. The molecule has 0 atom stereocenters. The highest BCUT2D eigenvalue weighted by molar-refractivity contribution is 9.10. The highest BCUT2D eigenvalue weighted by atomic mass is 79.9. The molecule has 84 valence electrons. The molecule has 1 heterocycles. The second-order valence-electron chi connectivity index (χ2n) is 3.69. The number of benzene rings is 1. The molecule has 0 saturated heterocycles. The summed E-state index contributed by atoms with van der Waals surface area (Å²) in [6, 6.07) is 7.99. The van der Waals surface area contributed by atoms with Gasteiger partial charge in [0.1, 0.15) is 0 Å². The van der Waals surface area contributed by atoms with Gasteiger partial charge in [-0.15, -0.1) is 0 Å². The first-order valence-corrected chi connectivity index (χ1v) is 6.61. The highest BCUT2D eigenvalue weighted by Gasteiger charge is 2.08. The first-order chi connectivity index (χ1) is 7.59. The maximum atomic E-state index is 11.7. The van der Waals surface area contributed by atoms with Crippen LogP contribution in [0.15, 0.2) is 33.5 Å². The summed E-state index contributed by atoms with van der Waals surface area (Å²) < 4.78 is 2.87. The predicted octanol–water partition coefficient (Wildman–Crippen LogP) is 3.34.